The zero-order valence-corrected chi connectivity index (χ0v) is 16.5. The highest BCUT2D eigenvalue weighted by atomic mass is 32.2. The van der Waals surface area contributed by atoms with E-state index >= 15 is 0 Å². The molecule has 7 heteroatoms. The van der Waals surface area contributed by atoms with E-state index in [1.807, 2.05) is 31.2 Å². The first-order valence-electron chi connectivity index (χ1n) is 8.74. The molecule has 0 aliphatic carbocycles. The predicted octanol–water partition coefficient (Wildman–Crippen LogP) is 2.96. The number of benzene rings is 2. The predicted molar refractivity (Wildman–Crippen MR) is 110 cm³/mol. The average molecular weight is 395 g/mol. The first-order chi connectivity index (χ1) is 13.6. The molecule has 1 amide bonds. The van der Waals surface area contributed by atoms with Gasteiger partial charge in [-0.15, -0.1) is 0 Å². The molecular weight excluding hydrogens is 374 g/mol. The summed E-state index contributed by atoms with van der Waals surface area (Å²) in [5.74, 6) is 0.693. The second kappa shape index (κ2) is 9.23. The summed E-state index contributed by atoms with van der Waals surface area (Å²) in [7, 11) is 1.59. The Morgan fingerprint density at radius 3 is 2.54 bits per heavy atom. The van der Waals surface area contributed by atoms with Gasteiger partial charge in [-0.05, 0) is 36.8 Å². The summed E-state index contributed by atoms with van der Waals surface area (Å²) in [5.41, 5.74) is 2.65. The fraction of sp³-hybridized carbons (Fsp3) is 0.190. The third-order valence-electron chi connectivity index (χ3n) is 4.11. The van der Waals surface area contributed by atoms with Crippen molar-refractivity contribution in [1.29, 1.82) is 0 Å². The first-order valence-corrected chi connectivity index (χ1v) is 9.72. The molecule has 1 aromatic heterocycles. The van der Waals surface area contributed by atoms with Crippen LogP contribution in [0.2, 0.25) is 0 Å². The summed E-state index contributed by atoms with van der Waals surface area (Å²) in [5, 5.41) is 3.14. The van der Waals surface area contributed by atoms with E-state index in [0.29, 0.717) is 18.0 Å². The van der Waals surface area contributed by atoms with Crippen LogP contribution >= 0.6 is 11.8 Å². The van der Waals surface area contributed by atoms with Crippen LogP contribution < -0.4 is 15.6 Å². The van der Waals surface area contributed by atoms with Crippen LogP contribution in [0.15, 0.2) is 70.7 Å². The van der Waals surface area contributed by atoms with Crippen molar-refractivity contribution in [3.05, 3.63) is 82.4 Å². The molecule has 3 rings (SSSR count). The number of carbonyl (C=O) groups is 1. The molecule has 0 unspecified atom stereocenters. The molecule has 28 heavy (non-hydrogen) atoms. The van der Waals surface area contributed by atoms with Gasteiger partial charge in [0.1, 0.15) is 5.75 Å². The minimum atomic E-state index is -0.260. The number of nitrogens with zero attached hydrogens (tertiary/aromatic N) is 2. The molecule has 0 saturated heterocycles. The van der Waals surface area contributed by atoms with Gasteiger partial charge in [0.05, 0.1) is 12.9 Å². The van der Waals surface area contributed by atoms with Crippen LogP contribution in [0.5, 0.6) is 5.75 Å². The molecule has 0 fully saturated rings. The number of rotatable bonds is 7. The van der Waals surface area contributed by atoms with Gasteiger partial charge in [-0.3, -0.25) is 14.2 Å². The highest BCUT2D eigenvalue weighted by Crippen LogP contribution is 2.15. The number of nitrogens with one attached hydrogen (secondary N) is 1. The van der Waals surface area contributed by atoms with Crippen molar-refractivity contribution < 1.29 is 9.53 Å². The Bertz CT molecular complexity index is 999. The van der Waals surface area contributed by atoms with Gasteiger partial charge in [-0.2, -0.15) is 0 Å². The summed E-state index contributed by atoms with van der Waals surface area (Å²) in [6.45, 7) is 2.47. The Morgan fingerprint density at radius 1 is 1.14 bits per heavy atom. The van der Waals surface area contributed by atoms with Crippen LogP contribution in [0.25, 0.3) is 5.69 Å². The highest BCUT2D eigenvalue weighted by Gasteiger charge is 2.10. The molecule has 0 aliphatic rings. The summed E-state index contributed by atoms with van der Waals surface area (Å²) in [4.78, 5) is 28.9. The van der Waals surface area contributed by atoms with E-state index in [4.69, 9.17) is 4.74 Å². The second-order valence-electron chi connectivity index (χ2n) is 6.16. The number of carbonyl (C=O) groups excluding carboxylic acids is 1. The zero-order chi connectivity index (χ0) is 19.9. The molecule has 1 heterocycles. The topological polar surface area (TPSA) is 73.2 Å². The van der Waals surface area contributed by atoms with E-state index in [2.05, 4.69) is 10.3 Å². The first kappa shape index (κ1) is 19.7. The SMILES string of the molecule is COc1ccc(-n2ccnc(SCC(=O)NCc3ccc(C)cc3)c2=O)cc1. The van der Waals surface area contributed by atoms with Crippen molar-refractivity contribution in [2.75, 3.05) is 12.9 Å². The fourth-order valence-corrected chi connectivity index (χ4v) is 3.26. The summed E-state index contributed by atoms with van der Waals surface area (Å²) >= 11 is 1.13. The number of aryl methyl sites for hydroxylation is 1. The molecular formula is C21H21N3O3S. The Hall–Kier alpha value is -3.06. The van der Waals surface area contributed by atoms with Gasteiger partial charge in [0.15, 0.2) is 5.03 Å². The van der Waals surface area contributed by atoms with Crippen LogP contribution in [-0.2, 0) is 11.3 Å². The van der Waals surface area contributed by atoms with E-state index in [0.717, 1.165) is 17.3 Å². The number of hydrogen-bond acceptors (Lipinski definition) is 5. The molecule has 2 aromatic carbocycles. The minimum absolute atomic E-state index is 0.126. The summed E-state index contributed by atoms with van der Waals surface area (Å²) in [6.07, 6.45) is 3.16. The van der Waals surface area contributed by atoms with Crippen LogP contribution in [-0.4, -0.2) is 28.3 Å². The summed E-state index contributed by atoms with van der Waals surface area (Å²) in [6, 6.07) is 15.1. The third kappa shape index (κ3) is 5.01. The van der Waals surface area contributed by atoms with Crippen LogP contribution in [0, 0.1) is 6.92 Å². The number of aromatic nitrogens is 2. The standard InChI is InChI=1S/C21H21N3O3S/c1-15-3-5-16(6-4-15)13-23-19(25)14-28-20-21(26)24(12-11-22-20)17-7-9-18(27-2)10-8-17/h3-12H,13-14H2,1-2H3,(H,23,25). The van der Waals surface area contributed by atoms with E-state index in [1.54, 1.807) is 43.8 Å². The van der Waals surface area contributed by atoms with Crippen molar-refractivity contribution in [2.45, 2.75) is 18.5 Å². The molecule has 3 aromatic rings. The molecule has 0 atom stereocenters. The number of amides is 1. The molecule has 0 aliphatic heterocycles. The fourth-order valence-electron chi connectivity index (χ4n) is 2.53. The molecule has 144 valence electrons. The van der Waals surface area contributed by atoms with Gasteiger partial charge in [0.2, 0.25) is 5.91 Å². The van der Waals surface area contributed by atoms with Crippen molar-refractivity contribution in [3.8, 4) is 11.4 Å². The average Bonchev–Trinajstić information content (AvgIpc) is 2.73. The Morgan fingerprint density at radius 2 is 1.86 bits per heavy atom. The van der Waals surface area contributed by atoms with E-state index in [-0.39, 0.29) is 22.2 Å². The number of hydrogen-bond donors (Lipinski definition) is 1. The van der Waals surface area contributed by atoms with Crippen molar-refractivity contribution in [2.24, 2.45) is 0 Å². The molecule has 0 saturated carbocycles. The largest absolute Gasteiger partial charge is 0.497 e. The molecule has 0 radical (unpaired) electrons. The van der Waals surface area contributed by atoms with E-state index in [9.17, 15) is 9.59 Å². The van der Waals surface area contributed by atoms with Crippen LogP contribution in [0.4, 0.5) is 0 Å². The van der Waals surface area contributed by atoms with Gasteiger partial charge in [-0.25, -0.2) is 4.98 Å². The monoisotopic (exact) mass is 395 g/mol. The summed E-state index contributed by atoms with van der Waals surface area (Å²) < 4.78 is 6.64. The van der Waals surface area contributed by atoms with E-state index in [1.165, 1.54) is 10.1 Å². The molecule has 6 nitrogen and oxygen atoms in total. The minimum Gasteiger partial charge on any atom is -0.497 e. The number of thioether (sulfide) groups is 1. The maximum absolute atomic E-state index is 12.7. The van der Waals surface area contributed by atoms with Gasteiger partial charge >= 0.3 is 0 Å². The maximum atomic E-state index is 12.7. The Labute approximate surface area is 167 Å². The lowest BCUT2D eigenvalue weighted by atomic mass is 10.1. The van der Waals surface area contributed by atoms with Crippen molar-refractivity contribution in [1.82, 2.24) is 14.9 Å². The van der Waals surface area contributed by atoms with Crippen LogP contribution in [0.3, 0.4) is 0 Å². The van der Waals surface area contributed by atoms with Gasteiger partial charge in [-0.1, -0.05) is 41.6 Å². The highest BCUT2D eigenvalue weighted by molar-refractivity contribution is 7.99. The third-order valence-corrected chi connectivity index (χ3v) is 5.07. The lowest BCUT2D eigenvalue weighted by molar-refractivity contribution is -0.118. The van der Waals surface area contributed by atoms with Gasteiger partial charge in [0.25, 0.3) is 5.56 Å². The lowest BCUT2D eigenvalue weighted by Crippen LogP contribution is -2.26. The zero-order valence-electron chi connectivity index (χ0n) is 15.7. The normalized spacial score (nSPS) is 10.5. The van der Waals surface area contributed by atoms with Crippen molar-refractivity contribution in [3.63, 3.8) is 0 Å². The number of ether oxygens (including phenoxy) is 1. The van der Waals surface area contributed by atoms with Gasteiger partial charge < -0.3 is 10.1 Å². The number of methoxy groups -OCH3 is 1. The quantitative estimate of drug-likeness (QED) is 0.623. The molecule has 0 spiro atoms. The lowest BCUT2D eigenvalue weighted by Gasteiger charge is -2.08. The second-order valence-corrected chi connectivity index (χ2v) is 7.12. The Balaban J connectivity index is 1.61. The Kier molecular flexibility index (Phi) is 6.49. The van der Waals surface area contributed by atoms with Crippen LogP contribution in [0.1, 0.15) is 11.1 Å². The van der Waals surface area contributed by atoms with Gasteiger partial charge in [0, 0.05) is 24.6 Å². The van der Waals surface area contributed by atoms with E-state index < -0.39 is 0 Å². The molecule has 0 bridgehead atoms. The smallest absolute Gasteiger partial charge is 0.287 e. The molecule has 1 N–H and O–H groups in total. The maximum Gasteiger partial charge on any atom is 0.287 e. The van der Waals surface area contributed by atoms with Crippen molar-refractivity contribution >= 4 is 17.7 Å².